The summed E-state index contributed by atoms with van der Waals surface area (Å²) in [5, 5.41) is 12.1. The summed E-state index contributed by atoms with van der Waals surface area (Å²) in [5.41, 5.74) is 0.848. The first kappa shape index (κ1) is 17.0. The molecule has 1 aliphatic rings. The van der Waals surface area contributed by atoms with E-state index in [4.69, 9.17) is 4.74 Å². The van der Waals surface area contributed by atoms with Crippen LogP contribution < -0.4 is 5.32 Å². The number of nitrogens with zero attached hydrogens (tertiary/aromatic N) is 1. The van der Waals surface area contributed by atoms with Gasteiger partial charge in [0, 0.05) is 13.1 Å². The van der Waals surface area contributed by atoms with Crippen molar-refractivity contribution < 1.29 is 24.2 Å². The van der Waals surface area contributed by atoms with Crippen molar-refractivity contribution in [1.82, 2.24) is 10.2 Å². The van der Waals surface area contributed by atoms with Crippen LogP contribution in [0.25, 0.3) is 0 Å². The first-order chi connectivity index (χ1) is 11.0. The Morgan fingerprint density at radius 3 is 2.57 bits per heavy atom. The Hall–Kier alpha value is -2.41. The average molecular weight is 320 g/mol. The third kappa shape index (κ3) is 4.79. The summed E-state index contributed by atoms with van der Waals surface area (Å²) < 4.78 is 5.00. The first-order valence-corrected chi connectivity index (χ1v) is 7.38. The standard InChI is InChI=1S/C16H20N2O5/c1-11(19)13-8-18(9-14(13)20)15(21)7-17-16(22)23-10-12-5-3-2-4-6-12/h2-6,13-14,20H,7-10H2,1H3,(H,17,22)/t13?,14-/m0/s1. The van der Waals surface area contributed by atoms with Crippen LogP contribution in [0.5, 0.6) is 0 Å². The molecule has 0 radical (unpaired) electrons. The Morgan fingerprint density at radius 2 is 1.96 bits per heavy atom. The molecule has 2 N–H and O–H groups in total. The Morgan fingerprint density at radius 1 is 1.26 bits per heavy atom. The molecular weight excluding hydrogens is 300 g/mol. The van der Waals surface area contributed by atoms with Crippen LogP contribution in [0.2, 0.25) is 0 Å². The van der Waals surface area contributed by atoms with Crippen molar-refractivity contribution in [3.05, 3.63) is 35.9 Å². The Labute approximate surface area is 134 Å². The molecule has 1 heterocycles. The molecule has 7 nitrogen and oxygen atoms in total. The fourth-order valence-corrected chi connectivity index (χ4v) is 2.42. The van der Waals surface area contributed by atoms with E-state index in [1.54, 1.807) is 0 Å². The molecule has 1 aliphatic heterocycles. The molecule has 1 saturated heterocycles. The number of benzene rings is 1. The number of carbonyl (C=O) groups is 3. The molecule has 2 rings (SSSR count). The molecule has 0 aliphatic carbocycles. The number of amides is 2. The van der Waals surface area contributed by atoms with Crippen molar-refractivity contribution in [3.8, 4) is 0 Å². The Balaban J connectivity index is 1.72. The molecular formula is C16H20N2O5. The van der Waals surface area contributed by atoms with Crippen LogP contribution >= 0.6 is 0 Å². The second-order valence-corrected chi connectivity index (χ2v) is 5.50. The van der Waals surface area contributed by atoms with E-state index in [-0.39, 0.29) is 37.9 Å². The highest BCUT2D eigenvalue weighted by molar-refractivity contribution is 5.85. The van der Waals surface area contributed by atoms with Crippen LogP contribution in [0.1, 0.15) is 12.5 Å². The molecule has 1 unspecified atom stereocenters. The van der Waals surface area contributed by atoms with Crippen LogP contribution in [-0.2, 0) is 20.9 Å². The summed E-state index contributed by atoms with van der Waals surface area (Å²) >= 11 is 0. The van der Waals surface area contributed by atoms with E-state index in [9.17, 15) is 19.5 Å². The van der Waals surface area contributed by atoms with Crippen molar-refractivity contribution in [2.24, 2.45) is 5.92 Å². The van der Waals surface area contributed by atoms with Crippen molar-refractivity contribution >= 4 is 17.8 Å². The van der Waals surface area contributed by atoms with Gasteiger partial charge in [-0.1, -0.05) is 30.3 Å². The lowest BCUT2D eigenvalue weighted by molar-refractivity contribution is -0.129. The van der Waals surface area contributed by atoms with E-state index in [1.807, 2.05) is 30.3 Å². The van der Waals surface area contributed by atoms with E-state index in [2.05, 4.69) is 5.32 Å². The van der Waals surface area contributed by atoms with Gasteiger partial charge in [0.1, 0.15) is 18.9 Å². The molecule has 0 bridgehead atoms. The third-order valence-corrected chi connectivity index (χ3v) is 3.76. The second kappa shape index (κ2) is 7.73. The minimum Gasteiger partial charge on any atom is -0.445 e. The minimum absolute atomic E-state index is 0.101. The van der Waals surface area contributed by atoms with Crippen molar-refractivity contribution in [3.63, 3.8) is 0 Å². The number of rotatable bonds is 5. The zero-order chi connectivity index (χ0) is 16.8. The van der Waals surface area contributed by atoms with Gasteiger partial charge in [0.2, 0.25) is 5.91 Å². The van der Waals surface area contributed by atoms with Crippen molar-refractivity contribution in [1.29, 1.82) is 0 Å². The van der Waals surface area contributed by atoms with Gasteiger partial charge < -0.3 is 20.1 Å². The van der Waals surface area contributed by atoms with E-state index in [0.29, 0.717) is 0 Å². The molecule has 1 aromatic carbocycles. The van der Waals surface area contributed by atoms with Crippen LogP contribution in [0.3, 0.4) is 0 Å². The quantitative estimate of drug-likeness (QED) is 0.814. The third-order valence-electron chi connectivity index (χ3n) is 3.76. The highest BCUT2D eigenvalue weighted by Gasteiger charge is 2.36. The number of alkyl carbamates (subject to hydrolysis) is 1. The largest absolute Gasteiger partial charge is 0.445 e. The number of β-amino-alcohol motifs (C(OH)–C–C–N with tert-alkyl or cyclic N) is 1. The molecule has 2 amide bonds. The number of Topliss-reactive ketones (excluding diaryl/α,β-unsaturated/α-hetero) is 1. The van der Waals surface area contributed by atoms with Crippen LogP contribution in [0.15, 0.2) is 30.3 Å². The van der Waals surface area contributed by atoms with Gasteiger partial charge in [0.05, 0.1) is 12.0 Å². The number of hydrogen-bond donors (Lipinski definition) is 2. The first-order valence-electron chi connectivity index (χ1n) is 7.38. The van der Waals surface area contributed by atoms with Crippen molar-refractivity contribution in [2.45, 2.75) is 19.6 Å². The number of likely N-dealkylation sites (tertiary alicyclic amines) is 1. The number of aliphatic hydroxyl groups excluding tert-OH is 1. The fraction of sp³-hybridized carbons (Fsp3) is 0.438. The summed E-state index contributed by atoms with van der Waals surface area (Å²) in [6.45, 7) is 1.56. The molecule has 7 heteroatoms. The maximum atomic E-state index is 12.0. The molecule has 1 aromatic rings. The van der Waals surface area contributed by atoms with Gasteiger partial charge in [0.25, 0.3) is 0 Å². The fourth-order valence-electron chi connectivity index (χ4n) is 2.42. The normalized spacial score (nSPS) is 20.2. The van der Waals surface area contributed by atoms with Gasteiger partial charge in [0.15, 0.2) is 0 Å². The summed E-state index contributed by atoms with van der Waals surface area (Å²) in [5.74, 6) is -1.06. The number of ether oxygens (including phenoxy) is 1. The zero-order valence-electron chi connectivity index (χ0n) is 12.9. The lowest BCUT2D eigenvalue weighted by Gasteiger charge is -2.16. The monoisotopic (exact) mass is 320 g/mol. The molecule has 23 heavy (non-hydrogen) atoms. The molecule has 1 fully saturated rings. The predicted molar refractivity (Wildman–Crippen MR) is 81.4 cm³/mol. The number of hydrogen-bond acceptors (Lipinski definition) is 5. The lowest BCUT2D eigenvalue weighted by Crippen LogP contribution is -2.39. The maximum absolute atomic E-state index is 12.0. The number of nitrogens with one attached hydrogen (secondary N) is 1. The second-order valence-electron chi connectivity index (χ2n) is 5.50. The van der Waals surface area contributed by atoms with Crippen molar-refractivity contribution in [2.75, 3.05) is 19.6 Å². The SMILES string of the molecule is CC(=O)C1CN(C(=O)CNC(=O)OCc2ccccc2)C[C@@H]1O. The summed E-state index contributed by atoms with van der Waals surface area (Å²) in [6.07, 6.45) is -1.54. The molecule has 0 spiro atoms. The van der Waals surface area contributed by atoms with Crippen LogP contribution in [-0.4, -0.2) is 53.5 Å². The molecule has 0 aromatic heterocycles. The molecule has 2 atom stereocenters. The Bertz CT molecular complexity index is 575. The van der Waals surface area contributed by atoms with Gasteiger partial charge in [-0.15, -0.1) is 0 Å². The molecule has 0 saturated carbocycles. The number of ketones is 1. The van der Waals surface area contributed by atoms with Gasteiger partial charge in [-0.05, 0) is 12.5 Å². The van der Waals surface area contributed by atoms with E-state index in [0.717, 1.165) is 5.56 Å². The van der Waals surface area contributed by atoms with Gasteiger partial charge >= 0.3 is 6.09 Å². The van der Waals surface area contributed by atoms with E-state index in [1.165, 1.54) is 11.8 Å². The highest BCUT2D eigenvalue weighted by Crippen LogP contribution is 2.17. The minimum atomic E-state index is -0.846. The zero-order valence-corrected chi connectivity index (χ0v) is 12.9. The average Bonchev–Trinajstić information content (AvgIpc) is 2.94. The van der Waals surface area contributed by atoms with Crippen LogP contribution in [0, 0.1) is 5.92 Å². The predicted octanol–water partition coefficient (Wildman–Crippen LogP) is 0.321. The molecule has 124 valence electrons. The van der Waals surface area contributed by atoms with E-state index >= 15 is 0 Å². The van der Waals surface area contributed by atoms with Gasteiger partial charge in [-0.2, -0.15) is 0 Å². The Kier molecular flexibility index (Phi) is 5.70. The maximum Gasteiger partial charge on any atom is 0.407 e. The summed E-state index contributed by atoms with van der Waals surface area (Å²) in [7, 11) is 0. The summed E-state index contributed by atoms with van der Waals surface area (Å²) in [4.78, 5) is 36.2. The van der Waals surface area contributed by atoms with Gasteiger partial charge in [-0.3, -0.25) is 9.59 Å². The van der Waals surface area contributed by atoms with E-state index < -0.39 is 18.1 Å². The van der Waals surface area contributed by atoms with Crippen LogP contribution in [0.4, 0.5) is 4.79 Å². The lowest BCUT2D eigenvalue weighted by atomic mass is 10.0. The van der Waals surface area contributed by atoms with Gasteiger partial charge in [-0.25, -0.2) is 4.79 Å². The smallest absolute Gasteiger partial charge is 0.407 e. The summed E-state index contributed by atoms with van der Waals surface area (Å²) in [6, 6.07) is 9.19. The number of aliphatic hydroxyl groups is 1. The number of carbonyl (C=O) groups excluding carboxylic acids is 3. The topological polar surface area (TPSA) is 95.9 Å². The highest BCUT2D eigenvalue weighted by atomic mass is 16.5.